The lowest BCUT2D eigenvalue weighted by molar-refractivity contribution is 0.0986. The Hall–Kier alpha value is -1.49. The number of ketones is 1. The standard InChI is InChI=1S/C14H14BrFN2O/c1-3-9-7-10(18(2)17-9)8-13(19)14-11(15)5-4-6-12(14)16/h4-7H,3,8H2,1-2H3. The maximum atomic E-state index is 13.7. The molecule has 100 valence electrons. The molecule has 0 N–H and O–H groups in total. The molecule has 0 aliphatic heterocycles. The molecule has 0 saturated carbocycles. The summed E-state index contributed by atoms with van der Waals surface area (Å²) in [7, 11) is 1.79. The van der Waals surface area contributed by atoms with Crippen molar-refractivity contribution in [1.82, 2.24) is 9.78 Å². The summed E-state index contributed by atoms with van der Waals surface area (Å²) in [4.78, 5) is 12.2. The SMILES string of the molecule is CCc1cc(CC(=O)c2c(F)cccc2Br)n(C)n1. The van der Waals surface area contributed by atoms with E-state index in [1.807, 2.05) is 13.0 Å². The number of Topliss-reactive ketones (excluding diaryl/α,β-unsaturated/α-hetero) is 1. The van der Waals surface area contributed by atoms with E-state index in [2.05, 4.69) is 21.0 Å². The number of halogens is 2. The van der Waals surface area contributed by atoms with Crippen molar-refractivity contribution in [2.24, 2.45) is 7.05 Å². The minimum atomic E-state index is -0.503. The van der Waals surface area contributed by atoms with Gasteiger partial charge in [0.25, 0.3) is 0 Å². The zero-order valence-corrected chi connectivity index (χ0v) is 12.4. The van der Waals surface area contributed by atoms with Crippen LogP contribution < -0.4 is 0 Å². The predicted molar refractivity (Wildman–Crippen MR) is 74.7 cm³/mol. The quantitative estimate of drug-likeness (QED) is 0.809. The summed E-state index contributed by atoms with van der Waals surface area (Å²) in [5.74, 6) is -0.757. The van der Waals surface area contributed by atoms with Gasteiger partial charge in [0.1, 0.15) is 5.82 Å². The average Bonchev–Trinajstić information content (AvgIpc) is 2.70. The molecule has 3 nitrogen and oxygen atoms in total. The van der Waals surface area contributed by atoms with Crippen molar-refractivity contribution < 1.29 is 9.18 Å². The minimum absolute atomic E-state index is 0.0988. The highest BCUT2D eigenvalue weighted by molar-refractivity contribution is 9.10. The van der Waals surface area contributed by atoms with Crippen LogP contribution in [0.1, 0.15) is 28.7 Å². The third-order valence-electron chi connectivity index (χ3n) is 2.97. The van der Waals surface area contributed by atoms with Crippen LogP contribution in [0.5, 0.6) is 0 Å². The molecule has 0 spiro atoms. The molecule has 1 aromatic carbocycles. The molecular formula is C14H14BrFN2O. The van der Waals surface area contributed by atoms with Crippen LogP contribution in [-0.4, -0.2) is 15.6 Å². The molecule has 2 rings (SSSR count). The molecule has 0 radical (unpaired) electrons. The number of carbonyl (C=O) groups excluding carboxylic acids is 1. The van der Waals surface area contributed by atoms with Crippen LogP contribution in [0.15, 0.2) is 28.7 Å². The van der Waals surface area contributed by atoms with Crippen LogP contribution in [0.4, 0.5) is 4.39 Å². The molecule has 0 bridgehead atoms. The molecule has 1 aromatic heterocycles. The van der Waals surface area contributed by atoms with Crippen LogP contribution in [0, 0.1) is 5.82 Å². The smallest absolute Gasteiger partial charge is 0.172 e. The normalized spacial score (nSPS) is 10.7. The van der Waals surface area contributed by atoms with Gasteiger partial charge < -0.3 is 0 Å². The lowest BCUT2D eigenvalue weighted by Crippen LogP contribution is -2.10. The first-order chi connectivity index (χ1) is 9.02. The Morgan fingerprint density at radius 3 is 2.79 bits per heavy atom. The van der Waals surface area contributed by atoms with Crippen molar-refractivity contribution in [3.05, 3.63) is 51.5 Å². The third kappa shape index (κ3) is 2.92. The monoisotopic (exact) mass is 324 g/mol. The first-order valence-corrected chi connectivity index (χ1v) is 6.81. The van der Waals surface area contributed by atoms with E-state index in [0.29, 0.717) is 4.47 Å². The van der Waals surface area contributed by atoms with Crippen molar-refractivity contribution in [2.75, 3.05) is 0 Å². The van der Waals surface area contributed by atoms with Crippen molar-refractivity contribution >= 4 is 21.7 Å². The number of nitrogens with zero attached hydrogens (tertiary/aromatic N) is 2. The van der Waals surface area contributed by atoms with Gasteiger partial charge in [0.05, 0.1) is 17.7 Å². The summed E-state index contributed by atoms with van der Waals surface area (Å²) in [6.45, 7) is 2.00. The Bertz CT molecular complexity index is 602. The molecule has 0 aliphatic carbocycles. The van der Waals surface area contributed by atoms with Gasteiger partial charge in [0.2, 0.25) is 0 Å². The number of hydrogen-bond acceptors (Lipinski definition) is 2. The fourth-order valence-electron chi connectivity index (χ4n) is 1.93. The highest BCUT2D eigenvalue weighted by Gasteiger charge is 2.17. The van der Waals surface area contributed by atoms with Gasteiger partial charge in [-0.2, -0.15) is 5.10 Å². The molecule has 5 heteroatoms. The van der Waals surface area contributed by atoms with Crippen LogP contribution in [0.25, 0.3) is 0 Å². The van der Waals surface area contributed by atoms with Crippen LogP contribution in [0.2, 0.25) is 0 Å². The van der Waals surface area contributed by atoms with Crippen molar-refractivity contribution in [1.29, 1.82) is 0 Å². The zero-order valence-electron chi connectivity index (χ0n) is 10.8. The highest BCUT2D eigenvalue weighted by atomic mass is 79.9. The summed E-state index contributed by atoms with van der Waals surface area (Å²) in [5, 5.41) is 4.28. The first-order valence-electron chi connectivity index (χ1n) is 6.02. The molecule has 0 unspecified atom stereocenters. The van der Waals surface area contributed by atoms with E-state index in [9.17, 15) is 9.18 Å². The highest BCUT2D eigenvalue weighted by Crippen LogP contribution is 2.21. The largest absolute Gasteiger partial charge is 0.294 e. The lowest BCUT2D eigenvalue weighted by atomic mass is 10.1. The summed E-state index contributed by atoms with van der Waals surface area (Å²) in [5.41, 5.74) is 1.82. The summed E-state index contributed by atoms with van der Waals surface area (Å²) in [6.07, 6.45) is 0.953. The van der Waals surface area contributed by atoms with Gasteiger partial charge in [-0.15, -0.1) is 0 Å². The van der Waals surface area contributed by atoms with E-state index in [0.717, 1.165) is 17.8 Å². The van der Waals surface area contributed by atoms with E-state index >= 15 is 0 Å². The second kappa shape index (κ2) is 5.65. The maximum absolute atomic E-state index is 13.7. The molecule has 19 heavy (non-hydrogen) atoms. The van der Waals surface area contributed by atoms with Gasteiger partial charge in [0.15, 0.2) is 5.78 Å². The van der Waals surface area contributed by atoms with E-state index in [1.54, 1.807) is 23.9 Å². The molecule has 0 amide bonds. The summed E-state index contributed by atoms with van der Waals surface area (Å²) in [6, 6.07) is 6.40. The summed E-state index contributed by atoms with van der Waals surface area (Å²) < 4.78 is 15.9. The molecule has 0 fully saturated rings. The number of carbonyl (C=O) groups is 1. The van der Waals surface area contributed by atoms with Crippen molar-refractivity contribution in [3.8, 4) is 0 Å². The summed E-state index contributed by atoms with van der Waals surface area (Å²) >= 11 is 3.22. The van der Waals surface area contributed by atoms with Crippen LogP contribution in [0.3, 0.4) is 0 Å². The Balaban J connectivity index is 2.28. The molecule has 0 atom stereocenters. The Morgan fingerprint density at radius 2 is 2.21 bits per heavy atom. The van der Waals surface area contributed by atoms with E-state index in [4.69, 9.17) is 0 Å². The Labute approximate surface area is 119 Å². The second-order valence-corrected chi connectivity index (χ2v) is 5.16. The van der Waals surface area contributed by atoms with Gasteiger partial charge in [-0.1, -0.05) is 13.0 Å². The molecule has 1 heterocycles. The molecule has 0 aliphatic rings. The third-order valence-corrected chi connectivity index (χ3v) is 3.63. The zero-order chi connectivity index (χ0) is 14.0. The average molecular weight is 325 g/mol. The van der Waals surface area contributed by atoms with Crippen molar-refractivity contribution in [3.63, 3.8) is 0 Å². The van der Waals surface area contributed by atoms with Crippen LogP contribution in [-0.2, 0) is 19.9 Å². The molecule has 2 aromatic rings. The van der Waals surface area contributed by atoms with Crippen molar-refractivity contribution in [2.45, 2.75) is 19.8 Å². The maximum Gasteiger partial charge on any atom is 0.172 e. The molecular weight excluding hydrogens is 311 g/mol. The van der Waals surface area contributed by atoms with E-state index in [-0.39, 0.29) is 17.8 Å². The number of hydrogen-bond donors (Lipinski definition) is 0. The lowest BCUT2D eigenvalue weighted by Gasteiger charge is -2.05. The Kier molecular flexibility index (Phi) is 4.14. The topological polar surface area (TPSA) is 34.9 Å². The predicted octanol–water partition coefficient (Wildman–Crippen LogP) is 3.31. The van der Waals surface area contributed by atoms with Gasteiger partial charge >= 0.3 is 0 Å². The van der Waals surface area contributed by atoms with Gasteiger partial charge in [0, 0.05) is 17.2 Å². The minimum Gasteiger partial charge on any atom is -0.294 e. The second-order valence-electron chi connectivity index (χ2n) is 4.30. The van der Waals surface area contributed by atoms with Crippen LogP contribution >= 0.6 is 15.9 Å². The molecule has 0 saturated heterocycles. The number of benzene rings is 1. The Morgan fingerprint density at radius 1 is 1.47 bits per heavy atom. The van der Waals surface area contributed by atoms with E-state index < -0.39 is 5.82 Å². The van der Waals surface area contributed by atoms with Gasteiger partial charge in [-0.25, -0.2) is 4.39 Å². The number of rotatable bonds is 4. The van der Waals surface area contributed by atoms with Gasteiger partial charge in [-0.3, -0.25) is 9.48 Å². The fraction of sp³-hybridized carbons (Fsp3) is 0.286. The first kappa shape index (κ1) is 13.9. The number of aromatic nitrogens is 2. The van der Waals surface area contributed by atoms with Gasteiger partial charge in [-0.05, 0) is 40.5 Å². The van der Waals surface area contributed by atoms with E-state index in [1.165, 1.54) is 6.07 Å². The fourth-order valence-corrected chi connectivity index (χ4v) is 2.49. The number of aryl methyl sites for hydroxylation is 2.